The van der Waals surface area contributed by atoms with Gasteiger partial charge >= 0.3 is 0 Å². The minimum absolute atomic E-state index is 0.0373. The van der Waals surface area contributed by atoms with E-state index in [0.717, 1.165) is 56.2 Å². The van der Waals surface area contributed by atoms with Gasteiger partial charge in [0.15, 0.2) is 0 Å². The van der Waals surface area contributed by atoms with Crippen molar-refractivity contribution in [2.24, 2.45) is 7.05 Å². The van der Waals surface area contributed by atoms with Crippen molar-refractivity contribution in [2.75, 3.05) is 5.32 Å². The molecule has 2 heterocycles. The van der Waals surface area contributed by atoms with Crippen LogP contribution in [0.3, 0.4) is 0 Å². The molecule has 0 aromatic carbocycles. The standard InChI is InChI=1S/C19H25N5O2/c1-23-12-20-17(11-18(23)25)21-14-6-8-15(9-7-14)24-19(26)10-13-4-2-3-5-16(13)22-24/h10-12,14-15,21H,2-9H2,1H3. The summed E-state index contributed by atoms with van der Waals surface area (Å²) >= 11 is 0. The maximum atomic E-state index is 12.5. The first kappa shape index (κ1) is 17.0. The maximum absolute atomic E-state index is 12.5. The quantitative estimate of drug-likeness (QED) is 0.908. The second kappa shape index (κ2) is 7.05. The first-order valence-corrected chi connectivity index (χ1v) is 9.51. The normalized spacial score (nSPS) is 22.7. The van der Waals surface area contributed by atoms with Crippen LogP contribution in [0.4, 0.5) is 5.82 Å². The van der Waals surface area contributed by atoms with Crippen LogP contribution in [0.1, 0.15) is 55.8 Å². The summed E-state index contributed by atoms with van der Waals surface area (Å²) in [5.74, 6) is 0.626. The molecule has 2 aromatic heterocycles. The molecule has 2 aliphatic rings. The number of aromatic nitrogens is 4. The van der Waals surface area contributed by atoms with E-state index in [-0.39, 0.29) is 23.2 Å². The van der Waals surface area contributed by atoms with Gasteiger partial charge in [0, 0.05) is 25.2 Å². The Morgan fingerprint density at radius 3 is 2.58 bits per heavy atom. The van der Waals surface area contributed by atoms with Crippen molar-refractivity contribution < 1.29 is 0 Å². The fraction of sp³-hybridized carbons (Fsp3) is 0.579. The van der Waals surface area contributed by atoms with E-state index in [4.69, 9.17) is 5.10 Å². The van der Waals surface area contributed by atoms with Crippen LogP contribution in [0, 0.1) is 0 Å². The monoisotopic (exact) mass is 355 g/mol. The molecule has 0 atom stereocenters. The topological polar surface area (TPSA) is 81.8 Å². The molecule has 7 nitrogen and oxygen atoms in total. The fourth-order valence-electron chi connectivity index (χ4n) is 4.05. The molecule has 0 spiro atoms. The molecule has 0 bridgehead atoms. The highest BCUT2D eigenvalue weighted by Crippen LogP contribution is 2.29. The number of rotatable bonds is 3. The lowest BCUT2D eigenvalue weighted by Gasteiger charge is -2.30. The molecule has 1 saturated carbocycles. The van der Waals surface area contributed by atoms with Crippen LogP contribution in [0.25, 0.3) is 0 Å². The largest absolute Gasteiger partial charge is 0.367 e. The summed E-state index contributed by atoms with van der Waals surface area (Å²) in [5.41, 5.74) is 2.22. The third kappa shape index (κ3) is 3.43. The molecule has 4 rings (SSSR count). The van der Waals surface area contributed by atoms with Crippen LogP contribution in [0.15, 0.2) is 28.0 Å². The SMILES string of the molecule is Cn1cnc(NC2CCC(n3nc4c(cc3=O)CCCC4)CC2)cc1=O. The summed E-state index contributed by atoms with van der Waals surface area (Å²) in [4.78, 5) is 28.4. The van der Waals surface area contributed by atoms with E-state index in [1.165, 1.54) is 23.4 Å². The minimum atomic E-state index is -0.0685. The van der Waals surface area contributed by atoms with E-state index >= 15 is 0 Å². The van der Waals surface area contributed by atoms with Gasteiger partial charge in [-0.1, -0.05) is 0 Å². The smallest absolute Gasteiger partial charge is 0.267 e. The van der Waals surface area contributed by atoms with Crippen LogP contribution in [0.5, 0.6) is 0 Å². The second-order valence-electron chi connectivity index (χ2n) is 7.48. The van der Waals surface area contributed by atoms with Crippen molar-refractivity contribution in [3.05, 3.63) is 50.4 Å². The predicted octanol–water partition coefficient (Wildman–Crippen LogP) is 1.81. The van der Waals surface area contributed by atoms with E-state index in [9.17, 15) is 9.59 Å². The Morgan fingerprint density at radius 1 is 1.04 bits per heavy atom. The van der Waals surface area contributed by atoms with Crippen molar-refractivity contribution in [1.82, 2.24) is 19.3 Å². The summed E-state index contributed by atoms with van der Waals surface area (Å²) < 4.78 is 3.17. The Morgan fingerprint density at radius 2 is 1.81 bits per heavy atom. The lowest BCUT2D eigenvalue weighted by atomic mass is 9.91. The summed E-state index contributed by atoms with van der Waals surface area (Å²) in [7, 11) is 1.69. The Labute approximate surface area is 152 Å². The number of anilines is 1. The van der Waals surface area contributed by atoms with E-state index in [1.807, 2.05) is 0 Å². The molecule has 0 amide bonds. The van der Waals surface area contributed by atoms with Crippen LogP contribution < -0.4 is 16.4 Å². The highest BCUT2D eigenvalue weighted by atomic mass is 16.1. The van der Waals surface area contributed by atoms with Gasteiger partial charge < -0.3 is 9.88 Å². The van der Waals surface area contributed by atoms with Crippen molar-refractivity contribution in [3.63, 3.8) is 0 Å². The lowest BCUT2D eigenvalue weighted by molar-refractivity contribution is 0.300. The van der Waals surface area contributed by atoms with Crippen molar-refractivity contribution in [2.45, 2.75) is 63.5 Å². The third-order valence-corrected chi connectivity index (χ3v) is 5.60. The molecule has 0 saturated heterocycles. The summed E-state index contributed by atoms with van der Waals surface area (Å²) in [6, 6.07) is 3.78. The Bertz CT molecular complexity index is 909. The van der Waals surface area contributed by atoms with Gasteiger partial charge in [-0.2, -0.15) is 5.10 Å². The average molecular weight is 355 g/mol. The molecule has 1 N–H and O–H groups in total. The number of nitrogens with one attached hydrogen (secondary N) is 1. The molecule has 0 aliphatic heterocycles. The molecular weight excluding hydrogens is 330 g/mol. The van der Waals surface area contributed by atoms with Gasteiger partial charge in [-0.15, -0.1) is 0 Å². The predicted molar refractivity (Wildman–Crippen MR) is 99.5 cm³/mol. The van der Waals surface area contributed by atoms with Crippen molar-refractivity contribution in [1.29, 1.82) is 0 Å². The summed E-state index contributed by atoms with van der Waals surface area (Å²) in [6.45, 7) is 0. The summed E-state index contributed by atoms with van der Waals surface area (Å²) in [5, 5.41) is 8.05. The molecule has 7 heteroatoms. The van der Waals surface area contributed by atoms with Gasteiger partial charge in [-0.25, -0.2) is 9.67 Å². The fourth-order valence-corrected chi connectivity index (χ4v) is 4.05. The Hall–Kier alpha value is -2.44. The molecule has 138 valence electrons. The van der Waals surface area contributed by atoms with E-state index in [1.54, 1.807) is 17.8 Å². The maximum Gasteiger partial charge on any atom is 0.267 e. The van der Waals surface area contributed by atoms with Gasteiger partial charge in [0.25, 0.3) is 11.1 Å². The highest BCUT2D eigenvalue weighted by molar-refractivity contribution is 5.33. The number of nitrogens with zero attached hydrogens (tertiary/aromatic N) is 4. The van der Waals surface area contributed by atoms with Gasteiger partial charge in [0.1, 0.15) is 5.82 Å². The first-order chi connectivity index (χ1) is 12.6. The zero-order valence-corrected chi connectivity index (χ0v) is 15.1. The molecule has 0 radical (unpaired) electrons. The number of aryl methyl sites for hydroxylation is 3. The van der Waals surface area contributed by atoms with Crippen molar-refractivity contribution >= 4 is 5.82 Å². The zero-order valence-electron chi connectivity index (χ0n) is 15.1. The van der Waals surface area contributed by atoms with Gasteiger partial charge in [0.2, 0.25) is 0 Å². The molecule has 26 heavy (non-hydrogen) atoms. The van der Waals surface area contributed by atoms with Crippen LogP contribution in [-0.4, -0.2) is 25.4 Å². The van der Waals surface area contributed by atoms with Gasteiger partial charge in [-0.3, -0.25) is 9.59 Å². The molecular formula is C19H25N5O2. The zero-order chi connectivity index (χ0) is 18.1. The summed E-state index contributed by atoms with van der Waals surface area (Å²) in [6.07, 6.45) is 9.53. The van der Waals surface area contributed by atoms with E-state index in [0.29, 0.717) is 5.82 Å². The second-order valence-corrected chi connectivity index (χ2v) is 7.48. The molecule has 2 aliphatic carbocycles. The number of fused-ring (bicyclic) bond motifs is 1. The van der Waals surface area contributed by atoms with Crippen LogP contribution >= 0.6 is 0 Å². The molecule has 1 fully saturated rings. The Kier molecular flexibility index (Phi) is 4.61. The van der Waals surface area contributed by atoms with Gasteiger partial charge in [0.05, 0.1) is 18.1 Å². The van der Waals surface area contributed by atoms with Crippen LogP contribution in [-0.2, 0) is 19.9 Å². The van der Waals surface area contributed by atoms with E-state index in [2.05, 4.69) is 10.3 Å². The minimum Gasteiger partial charge on any atom is -0.367 e. The first-order valence-electron chi connectivity index (χ1n) is 9.51. The van der Waals surface area contributed by atoms with Crippen LogP contribution in [0.2, 0.25) is 0 Å². The van der Waals surface area contributed by atoms with E-state index < -0.39 is 0 Å². The number of hydrogen-bond donors (Lipinski definition) is 1. The average Bonchev–Trinajstić information content (AvgIpc) is 2.65. The highest BCUT2D eigenvalue weighted by Gasteiger charge is 2.25. The Balaban J connectivity index is 1.43. The van der Waals surface area contributed by atoms with Gasteiger partial charge in [-0.05, 0) is 56.9 Å². The number of hydrogen-bond acceptors (Lipinski definition) is 5. The van der Waals surface area contributed by atoms with Crippen molar-refractivity contribution in [3.8, 4) is 0 Å². The third-order valence-electron chi connectivity index (χ3n) is 5.60. The lowest BCUT2D eigenvalue weighted by Crippen LogP contribution is -2.35. The molecule has 0 unspecified atom stereocenters. The molecule has 2 aromatic rings.